The van der Waals surface area contributed by atoms with Crippen LogP contribution in [0.5, 0.6) is 0 Å². The third kappa shape index (κ3) is 5.16. The first-order valence-electron chi connectivity index (χ1n) is 12.1. The van der Waals surface area contributed by atoms with E-state index in [1.54, 1.807) is 22.7 Å². The fraction of sp³-hybridized carbons (Fsp3) is 0.333. The van der Waals surface area contributed by atoms with Gasteiger partial charge in [0, 0.05) is 25.0 Å². The first-order valence-corrected chi connectivity index (χ1v) is 12.1. The molecule has 2 aromatic carbocycles. The minimum absolute atomic E-state index is 0.00181. The SMILES string of the molecule is CC(CCc1ccccc1)NC(=O)C1CCN(c2ccc3nnc(-c4ccccc4F)n3n2)CC1. The largest absolute Gasteiger partial charge is 0.355 e. The molecule has 35 heavy (non-hydrogen) atoms. The molecule has 1 atom stereocenters. The highest BCUT2D eigenvalue weighted by Crippen LogP contribution is 2.25. The lowest BCUT2D eigenvalue weighted by molar-refractivity contribution is -0.126. The first-order chi connectivity index (χ1) is 17.1. The average Bonchev–Trinajstić information content (AvgIpc) is 3.31. The molecule has 1 fully saturated rings. The van der Waals surface area contributed by atoms with Gasteiger partial charge in [-0.3, -0.25) is 4.79 Å². The summed E-state index contributed by atoms with van der Waals surface area (Å²) < 4.78 is 15.9. The molecule has 1 amide bonds. The Balaban J connectivity index is 1.19. The number of piperidine rings is 1. The van der Waals surface area contributed by atoms with Crippen molar-refractivity contribution in [2.24, 2.45) is 5.92 Å². The minimum atomic E-state index is -0.362. The van der Waals surface area contributed by atoms with Crippen LogP contribution < -0.4 is 10.2 Å². The summed E-state index contributed by atoms with van der Waals surface area (Å²) >= 11 is 0. The second-order valence-corrected chi connectivity index (χ2v) is 9.16. The zero-order valence-electron chi connectivity index (χ0n) is 19.8. The summed E-state index contributed by atoms with van der Waals surface area (Å²) in [6, 6.07) is 20.7. The van der Waals surface area contributed by atoms with Gasteiger partial charge in [0.2, 0.25) is 5.91 Å². The number of fused-ring (bicyclic) bond motifs is 1. The Bertz CT molecular complexity index is 1300. The Morgan fingerprint density at radius 1 is 1.03 bits per heavy atom. The van der Waals surface area contributed by atoms with Crippen LogP contribution in [0.3, 0.4) is 0 Å². The molecule has 0 bridgehead atoms. The van der Waals surface area contributed by atoms with Crippen LogP contribution in [0.4, 0.5) is 10.2 Å². The number of aryl methyl sites for hydroxylation is 1. The van der Waals surface area contributed by atoms with Gasteiger partial charge in [-0.1, -0.05) is 42.5 Å². The number of aromatic nitrogens is 4. The molecule has 7 nitrogen and oxygen atoms in total. The Kier molecular flexibility index (Phi) is 6.70. The molecule has 0 radical (unpaired) electrons. The molecule has 1 saturated heterocycles. The number of halogens is 1. The number of hydrogen-bond acceptors (Lipinski definition) is 5. The molecule has 1 unspecified atom stereocenters. The van der Waals surface area contributed by atoms with Crippen molar-refractivity contribution in [2.45, 2.75) is 38.6 Å². The molecule has 0 saturated carbocycles. The van der Waals surface area contributed by atoms with Gasteiger partial charge < -0.3 is 10.2 Å². The number of carbonyl (C=O) groups excluding carboxylic acids is 1. The van der Waals surface area contributed by atoms with Crippen LogP contribution in [0.15, 0.2) is 66.7 Å². The van der Waals surface area contributed by atoms with Gasteiger partial charge in [-0.2, -0.15) is 4.52 Å². The van der Waals surface area contributed by atoms with Crippen molar-refractivity contribution in [3.63, 3.8) is 0 Å². The fourth-order valence-corrected chi connectivity index (χ4v) is 4.59. The van der Waals surface area contributed by atoms with Gasteiger partial charge in [-0.15, -0.1) is 15.3 Å². The van der Waals surface area contributed by atoms with Crippen LogP contribution in [0.1, 0.15) is 31.7 Å². The topological polar surface area (TPSA) is 75.4 Å². The Morgan fingerprint density at radius 3 is 2.54 bits per heavy atom. The third-order valence-corrected chi connectivity index (χ3v) is 6.65. The Labute approximate surface area is 204 Å². The molecule has 1 aliphatic rings. The van der Waals surface area contributed by atoms with Crippen molar-refractivity contribution in [1.29, 1.82) is 0 Å². The number of nitrogens with one attached hydrogen (secondary N) is 1. The van der Waals surface area contributed by atoms with Crippen LogP contribution >= 0.6 is 0 Å². The zero-order chi connectivity index (χ0) is 24.2. The van der Waals surface area contributed by atoms with Gasteiger partial charge in [0.25, 0.3) is 0 Å². The standard InChI is InChI=1S/C27H29FN6O/c1-19(11-12-20-7-3-2-4-8-20)29-27(35)21-15-17-33(18-16-21)25-14-13-24-30-31-26(34(24)32-25)22-9-5-6-10-23(22)28/h2-10,13-14,19,21H,11-12,15-18H2,1H3,(H,29,35). The number of anilines is 1. The smallest absolute Gasteiger partial charge is 0.223 e. The molecule has 4 aromatic rings. The number of nitrogens with zero attached hydrogens (tertiary/aromatic N) is 5. The van der Waals surface area contributed by atoms with E-state index in [1.165, 1.54) is 11.6 Å². The number of amides is 1. The van der Waals surface area contributed by atoms with Gasteiger partial charge in [0.05, 0.1) is 5.56 Å². The molecule has 5 rings (SSSR count). The highest BCUT2D eigenvalue weighted by Gasteiger charge is 2.27. The first kappa shape index (κ1) is 23.0. The summed E-state index contributed by atoms with van der Waals surface area (Å²) in [6.45, 7) is 3.53. The predicted octanol–water partition coefficient (Wildman–Crippen LogP) is 4.28. The molecule has 0 aliphatic carbocycles. The average molecular weight is 473 g/mol. The summed E-state index contributed by atoms with van der Waals surface area (Å²) in [5, 5.41) is 16.2. The van der Waals surface area contributed by atoms with Gasteiger partial charge in [0.1, 0.15) is 11.6 Å². The maximum absolute atomic E-state index is 14.3. The van der Waals surface area contributed by atoms with Crippen LogP contribution in [-0.4, -0.2) is 44.8 Å². The van der Waals surface area contributed by atoms with Crippen LogP contribution in [0.25, 0.3) is 17.0 Å². The van der Waals surface area contributed by atoms with Crippen molar-refractivity contribution in [2.75, 3.05) is 18.0 Å². The van der Waals surface area contributed by atoms with Crippen LogP contribution in [0, 0.1) is 11.7 Å². The normalized spacial score (nSPS) is 15.3. The molecular formula is C27H29FN6O. The molecule has 1 N–H and O–H groups in total. The molecule has 2 aromatic heterocycles. The van der Waals surface area contributed by atoms with E-state index in [0.29, 0.717) is 17.0 Å². The van der Waals surface area contributed by atoms with E-state index in [-0.39, 0.29) is 23.7 Å². The zero-order valence-corrected chi connectivity index (χ0v) is 19.8. The number of rotatable bonds is 7. The van der Waals surface area contributed by atoms with Gasteiger partial charge >= 0.3 is 0 Å². The lowest BCUT2D eigenvalue weighted by Gasteiger charge is -2.32. The summed E-state index contributed by atoms with van der Waals surface area (Å²) in [4.78, 5) is 15.0. The van der Waals surface area contributed by atoms with E-state index in [1.807, 2.05) is 30.3 Å². The Morgan fingerprint density at radius 2 is 1.77 bits per heavy atom. The molecule has 1 aliphatic heterocycles. The molecular weight excluding hydrogens is 443 g/mol. The number of carbonyl (C=O) groups is 1. The minimum Gasteiger partial charge on any atom is -0.355 e. The van der Waals surface area contributed by atoms with E-state index in [4.69, 9.17) is 5.10 Å². The summed E-state index contributed by atoms with van der Waals surface area (Å²) in [5.41, 5.74) is 2.21. The van der Waals surface area contributed by atoms with Crippen molar-refractivity contribution < 1.29 is 9.18 Å². The van der Waals surface area contributed by atoms with E-state index in [9.17, 15) is 9.18 Å². The van der Waals surface area contributed by atoms with E-state index < -0.39 is 0 Å². The highest BCUT2D eigenvalue weighted by atomic mass is 19.1. The summed E-state index contributed by atoms with van der Waals surface area (Å²) in [7, 11) is 0. The summed E-state index contributed by atoms with van der Waals surface area (Å²) in [5.74, 6) is 0.912. The fourth-order valence-electron chi connectivity index (χ4n) is 4.59. The second kappa shape index (κ2) is 10.2. The second-order valence-electron chi connectivity index (χ2n) is 9.16. The monoisotopic (exact) mass is 472 g/mol. The molecule has 3 heterocycles. The lowest BCUT2D eigenvalue weighted by atomic mass is 9.95. The van der Waals surface area contributed by atoms with Crippen LogP contribution in [0.2, 0.25) is 0 Å². The van der Waals surface area contributed by atoms with E-state index >= 15 is 0 Å². The molecule has 180 valence electrons. The molecule has 0 spiro atoms. The van der Waals surface area contributed by atoms with Crippen LogP contribution in [-0.2, 0) is 11.2 Å². The van der Waals surface area contributed by atoms with Gasteiger partial charge in [-0.25, -0.2) is 4.39 Å². The van der Waals surface area contributed by atoms with E-state index in [0.717, 1.165) is 44.6 Å². The quantitative estimate of drug-likeness (QED) is 0.434. The van der Waals surface area contributed by atoms with Gasteiger partial charge in [0.15, 0.2) is 11.5 Å². The number of hydrogen-bond donors (Lipinski definition) is 1. The summed E-state index contributed by atoms with van der Waals surface area (Å²) in [6.07, 6.45) is 3.40. The highest BCUT2D eigenvalue weighted by molar-refractivity contribution is 5.79. The lowest BCUT2D eigenvalue weighted by Crippen LogP contribution is -2.43. The predicted molar refractivity (Wildman–Crippen MR) is 133 cm³/mol. The number of benzene rings is 2. The Hall–Kier alpha value is -3.81. The van der Waals surface area contributed by atoms with Crippen molar-refractivity contribution >= 4 is 17.4 Å². The maximum Gasteiger partial charge on any atom is 0.223 e. The van der Waals surface area contributed by atoms with Crippen molar-refractivity contribution in [3.8, 4) is 11.4 Å². The maximum atomic E-state index is 14.3. The molecule has 8 heteroatoms. The van der Waals surface area contributed by atoms with Crippen molar-refractivity contribution in [3.05, 3.63) is 78.1 Å². The van der Waals surface area contributed by atoms with Crippen molar-refractivity contribution in [1.82, 2.24) is 25.1 Å². The van der Waals surface area contributed by atoms with E-state index in [2.05, 4.69) is 39.5 Å². The van der Waals surface area contributed by atoms with Gasteiger partial charge in [-0.05, 0) is 62.4 Å². The third-order valence-electron chi connectivity index (χ3n) is 6.65.